The first-order valence-corrected chi connectivity index (χ1v) is 8.55. The number of piperidine rings is 1. The molecule has 1 aromatic rings. The Bertz CT molecular complexity index is 615. The second kappa shape index (κ2) is 9.18. The van der Waals surface area contributed by atoms with Gasteiger partial charge in [0.25, 0.3) is 0 Å². The van der Waals surface area contributed by atoms with E-state index in [1.54, 1.807) is 6.20 Å². The molecular formula is C16H22F3N3O5. The molecule has 27 heavy (non-hydrogen) atoms. The minimum absolute atomic E-state index is 0.0643. The van der Waals surface area contributed by atoms with E-state index in [4.69, 9.17) is 14.4 Å². The molecule has 3 heterocycles. The zero-order valence-electron chi connectivity index (χ0n) is 14.5. The minimum atomic E-state index is -5.08. The molecule has 2 fully saturated rings. The molecule has 0 aromatic carbocycles. The first-order valence-electron chi connectivity index (χ1n) is 8.55. The Balaban J connectivity index is 0.000000321. The van der Waals surface area contributed by atoms with Gasteiger partial charge in [-0.2, -0.15) is 13.2 Å². The van der Waals surface area contributed by atoms with Crippen LogP contribution in [-0.4, -0.2) is 70.6 Å². The van der Waals surface area contributed by atoms with E-state index in [9.17, 15) is 23.1 Å². The van der Waals surface area contributed by atoms with Crippen LogP contribution in [0.1, 0.15) is 30.9 Å². The number of likely N-dealkylation sites (tertiary alicyclic amines) is 1. The van der Waals surface area contributed by atoms with Crippen molar-refractivity contribution in [1.82, 2.24) is 15.4 Å². The number of carboxylic acids is 1. The number of rotatable bonds is 3. The number of carboxylic acid groups (broad SMARTS) is 1. The summed E-state index contributed by atoms with van der Waals surface area (Å²) < 4.78 is 36.9. The van der Waals surface area contributed by atoms with Gasteiger partial charge in [0, 0.05) is 50.5 Å². The highest BCUT2D eigenvalue weighted by Crippen LogP contribution is 2.28. The number of alkyl halides is 3. The first kappa shape index (κ1) is 21.2. The van der Waals surface area contributed by atoms with E-state index in [1.807, 2.05) is 11.0 Å². The van der Waals surface area contributed by atoms with Crippen LogP contribution in [0.3, 0.4) is 0 Å². The predicted octanol–water partition coefficient (Wildman–Crippen LogP) is 0.984. The quantitative estimate of drug-likeness (QED) is 0.701. The number of halogens is 3. The highest BCUT2D eigenvalue weighted by atomic mass is 19.4. The molecule has 0 unspecified atom stereocenters. The Labute approximate surface area is 153 Å². The average Bonchev–Trinajstić information content (AvgIpc) is 3.27. The lowest BCUT2D eigenvalue weighted by molar-refractivity contribution is -0.192. The van der Waals surface area contributed by atoms with Crippen molar-refractivity contribution < 1.29 is 37.5 Å². The highest BCUT2D eigenvalue weighted by molar-refractivity contribution is 5.76. The van der Waals surface area contributed by atoms with Crippen molar-refractivity contribution in [1.29, 1.82) is 0 Å². The third-order valence-electron chi connectivity index (χ3n) is 4.69. The standard InChI is InChI=1S/C14H21N3O3.C2HF3O2/c18-12-9-15-8-11(12)7-14(19)17-5-2-10(3-6-17)13-1-4-16-20-13;3-2(4,5)1(6)7/h1,4,10-12,15,18H,2-3,5-9H2;(H,6,7)/t11-,12-;/m1./s1. The summed E-state index contributed by atoms with van der Waals surface area (Å²) in [5, 5.41) is 23.7. The normalized spacial score (nSPS) is 23.6. The number of hydrogen-bond donors (Lipinski definition) is 3. The van der Waals surface area contributed by atoms with Crippen LogP contribution in [0.4, 0.5) is 13.2 Å². The van der Waals surface area contributed by atoms with Crippen molar-refractivity contribution in [2.75, 3.05) is 26.2 Å². The summed E-state index contributed by atoms with van der Waals surface area (Å²) in [6.45, 7) is 2.87. The van der Waals surface area contributed by atoms with Crippen LogP contribution in [0, 0.1) is 5.92 Å². The molecule has 2 saturated heterocycles. The van der Waals surface area contributed by atoms with Gasteiger partial charge in [-0.05, 0) is 12.8 Å². The van der Waals surface area contributed by atoms with Crippen molar-refractivity contribution in [3.8, 4) is 0 Å². The number of aliphatic hydroxyl groups excluding tert-OH is 1. The van der Waals surface area contributed by atoms with Gasteiger partial charge >= 0.3 is 12.1 Å². The average molecular weight is 393 g/mol. The van der Waals surface area contributed by atoms with Crippen LogP contribution in [0.5, 0.6) is 0 Å². The van der Waals surface area contributed by atoms with Gasteiger partial charge in [-0.3, -0.25) is 4.79 Å². The first-order chi connectivity index (χ1) is 12.7. The fraction of sp³-hybridized carbons (Fsp3) is 0.688. The molecule has 1 aromatic heterocycles. The maximum atomic E-state index is 12.2. The van der Waals surface area contributed by atoms with E-state index in [1.165, 1.54) is 0 Å². The Morgan fingerprint density at radius 2 is 1.93 bits per heavy atom. The molecule has 2 aliphatic rings. The number of β-amino-alcohol motifs (C(OH)–C–C–N with tert-alkyl or cyclic N) is 1. The van der Waals surface area contributed by atoms with Crippen molar-refractivity contribution in [3.63, 3.8) is 0 Å². The summed E-state index contributed by atoms with van der Waals surface area (Å²) in [6, 6.07) is 1.91. The largest absolute Gasteiger partial charge is 0.490 e. The fourth-order valence-corrected chi connectivity index (χ4v) is 3.13. The maximum Gasteiger partial charge on any atom is 0.490 e. The SMILES string of the molecule is O=C(C[C@@H]1CNC[C@H]1O)N1CCC(c2ccno2)CC1.O=C(O)C(F)(F)F. The van der Waals surface area contributed by atoms with Crippen molar-refractivity contribution in [2.45, 2.75) is 37.5 Å². The van der Waals surface area contributed by atoms with Gasteiger partial charge in [0.2, 0.25) is 5.91 Å². The fourth-order valence-electron chi connectivity index (χ4n) is 3.13. The molecule has 152 valence electrons. The molecule has 0 spiro atoms. The van der Waals surface area contributed by atoms with Gasteiger partial charge in [0.05, 0.1) is 12.3 Å². The second-order valence-electron chi connectivity index (χ2n) is 6.56. The summed E-state index contributed by atoms with van der Waals surface area (Å²) in [5.41, 5.74) is 0. The third-order valence-corrected chi connectivity index (χ3v) is 4.69. The van der Waals surface area contributed by atoms with Gasteiger partial charge in [0.1, 0.15) is 5.76 Å². The number of amides is 1. The Morgan fingerprint density at radius 1 is 1.30 bits per heavy atom. The van der Waals surface area contributed by atoms with Crippen LogP contribution in [0.25, 0.3) is 0 Å². The molecule has 3 N–H and O–H groups in total. The Morgan fingerprint density at radius 3 is 2.37 bits per heavy atom. The zero-order chi connectivity index (χ0) is 20.0. The lowest BCUT2D eigenvalue weighted by Crippen LogP contribution is -2.39. The van der Waals surface area contributed by atoms with Crippen molar-refractivity contribution in [2.24, 2.45) is 5.92 Å². The molecule has 2 atom stereocenters. The van der Waals surface area contributed by atoms with Crippen LogP contribution in [0.2, 0.25) is 0 Å². The smallest absolute Gasteiger partial charge is 0.475 e. The van der Waals surface area contributed by atoms with E-state index >= 15 is 0 Å². The van der Waals surface area contributed by atoms with Gasteiger partial charge in [-0.1, -0.05) is 5.16 Å². The molecule has 3 rings (SSSR count). The molecule has 8 nitrogen and oxygen atoms in total. The zero-order valence-corrected chi connectivity index (χ0v) is 14.5. The topological polar surface area (TPSA) is 116 Å². The lowest BCUT2D eigenvalue weighted by atomic mass is 9.93. The highest BCUT2D eigenvalue weighted by Gasteiger charge is 2.38. The second-order valence-corrected chi connectivity index (χ2v) is 6.56. The number of aliphatic carboxylic acids is 1. The van der Waals surface area contributed by atoms with E-state index < -0.39 is 12.1 Å². The van der Waals surface area contributed by atoms with Crippen LogP contribution in [0.15, 0.2) is 16.8 Å². The van der Waals surface area contributed by atoms with Crippen molar-refractivity contribution in [3.05, 3.63) is 18.0 Å². The summed E-state index contributed by atoms with van der Waals surface area (Å²) >= 11 is 0. The minimum Gasteiger partial charge on any atom is -0.475 e. The van der Waals surface area contributed by atoms with E-state index in [2.05, 4.69) is 10.5 Å². The molecule has 0 radical (unpaired) electrons. The molecular weight excluding hydrogens is 371 g/mol. The molecule has 0 bridgehead atoms. The Kier molecular flexibility index (Phi) is 7.19. The molecule has 2 aliphatic heterocycles. The third kappa shape index (κ3) is 6.21. The van der Waals surface area contributed by atoms with Crippen molar-refractivity contribution >= 4 is 11.9 Å². The van der Waals surface area contributed by atoms with Gasteiger partial charge in [-0.15, -0.1) is 0 Å². The van der Waals surface area contributed by atoms with E-state index in [-0.39, 0.29) is 17.9 Å². The lowest BCUT2D eigenvalue weighted by Gasteiger charge is -2.31. The molecule has 1 amide bonds. The summed E-state index contributed by atoms with van der Waals surface area (Å²) in [5.74, 6) is -1.23. The summed E-state index contributed by atoms with van der Waals surface area (Å²) in [6.07, 6.45) is -1.51. The van der Waals surface area contributed by atoms with Gasteiger partial charge < -0.3 is 25.0 Å². The van der Waals surface area contributed by atoms with Gasteiger partial charge in [0.15, 0.2) is 0 Å². The number of carbonyl (C=O) groups is 2. The van der Waals surface area contributed by atoms with Crippen LogP contribution < -0.4 is 5.32 Å². The van der Waals surface area contributed by atoms with E-state index in [0.29, 0.717) is 18.9 Å². The monoisotopic (exact) mass is 393 g/mol. The Hall–Kier alpha value is -2.14. The number of hydrogen-bond acceptors (Lipinski definition) is 6. The maximum absolute atomic E-state index is 12.2. The molecule has 11 heteroatoms. The number of nitrogens with zero attached hydrogens (tertiary/aromatic N) is 2. The number of aliphatic hydroxyl groups is 1. The summed E-state index contributed by atoms with van der Waals surface area (Å²) in [7, 11) is 0. The van der Waals surface area contributed by atoms with Gasteiger partial charge in [-0.25, -0.2) is 4.79 Å². The molecule has 0 saturated carbocycles. The molecule has 0 aliphatic carbocycles. The van der Waals surface area contributed by atoms with Crippen LogP contribution >= 0.6 is 0 Å². The van der Waals surface area contributed by atoms with E-state index in [0.717, 1.165) is 38.2 Å². The van der Waals surface area contributed by atoms with Crippen LogP contribution in [-0.2, 0) is 9.59 Å². The number of nitrogens with one attached hydrogen (secondary N) is 1. The number of carbonyl (C=O) groups excluding carboxylic acids is 1. The number of aromatic nitrogens is 1. The predicted molar refractivity (Wildman–Crippen MR) is 85.7 cm³/mol. The summed E-state index contributed by atoms with van der Waals surface area (Å²) in [4.78, 5) is 23.1.